The first kappa shape index (κ1) is 13.4. The SMILES string of the molecule is CC(C)CCCOc1c(F)cc(C#N)cc1F. The molecular formula is C13H15F2NO. The maximum absolute atomic E-state index is 13.4. The topological polar surface area (TPSA) is 33.0 Å². The number of benzene rings is 1. The van der Waals surface area contributed by atoms with Crippen LogP contribution in [0.4, 0.5) is 8.78 Å². The standard InChI is InChI=1S/C13H15F2NO/c1-9(2)4-3-5-17-13-11(14)6-10(8-16)7-12(13)15/h6-7,9H,3-5H2,1-2H3. The smallest absolute Gasteiger partial charge is 0.190 e. The Labute approximate surface area is 99.8 Å². The average Bonchev–Trinajstić information content (AvgIpc) is 2.26. The molecule has 0 N–H and O–H groups in total. The first-order valence-corrected chi connectivity index (χ1v) is 5.56. The maximum Gasteiger partial charge on any atom is 0.190 e. The van der Waals surface area contributed by atoms with Gasteiger partial charge in [-0.1, -0.05) is 13.8 Å². The molecule has 0 aliphatic heterocycles. The third-order valence-corrected chi connectivity index (χ3v) is 2.30. The van der Waals surface area contributed by atoms with E-state index in [1.165, 1.54) is 0 Å². The predicted molar refractivity (Wildman–Crippen MR) is 60.6 cm³/mol. The highest BCUT2D eigenvalue weighted by atomic mass is 19.1. The summed E-state index contributed by atoms with van der Waals surface area (Å²) < 4.78 is 31.8. The van der Waals surface area contributed by atoms with Gasteiger partial charge in [-0.3, -0.25) is 0 Å². The van der Waals surface area contributed by atoms with Crippen molar-refractivity contribution in [3.05, 3.63) is 29.3 Å². The van der Waals surface area contributed by atoms with Crippen LogP contribution in [0.5, 0.6) is 5.75 Å². The van der Waals surface area contributed by atoms with E-state index in [2.05, 4.69) is 13.8 Å². The Bertz CT molecular complexity index is 401. The van der Waals surface area contributed by atoms with Gasteiger partial charge in [-0.25, -0.2) is 8.78 Å². The van der Waals surface area contributed by atoms with E-state index in [4.69, 9.17) is 10.00 Å². The lowest BCUT2D eigenvalue weighted by atomic mass is 10.1. The van der Waals surface area contributed by atoms with Gasteiger partial charge in [0.1, 0.15) is 0 Å². The Morgan fingerprint density at radius 1 is 1.29 bits per heavy atom. The van der Waals surface area contributed by atoms with Crippen molar-refractivity contribution in [1.29, 1.82) is 5.26 Å². The van der Waals surface area contributed by atoms with Crippen LogP contribution in [0.3, 0.4) is 0 Å². The van der Waals surface area contributed by atoms with Gasteiger partial charge in [0.2, 0.25) is 0 Å². The van der Waals surface area contributed by atoms with Crippen LogP contribution in [0.25, 0.3) is 0 Å². The summed E-state index contributed by atoms with van der Waals surface area (Å²) in [5.41, 5.74) is -0.0467. The van der Waals surface area contributed by atoms with Gasteiger partial charge in [-0.05, 0) is 30.9 Å². The van der Waals surface area contributed by atoms with Gasteiger partial charge >= 0.3 is 0 Å². The van der Waals surface area contributed by atoms with Crippen molar-refractivity contribution < 1.29 is 13.5 Å². The summed E-state index contributed by atoms with van der Waals surface area (Å²) in [5.74, 6) is -1.51. The fraction of sp³-hybridized carbons (Fsp3) is 0.462. The summed E-state index contributed by atoms with van der Waals surface area (Å²) in [6, 6.07) is 3.63. The minimum atomic E-state index is -0.828. The first-order chi connectivity index (χ1) is 8.04. The number of rotatable bonds is 5. The number of hydrogen-bond donors (Lipinski definition) is 0. The molecule has 0 bridgehead atoms. The molecule has 1 aromatic carbocycles. The molecule has 0 spiro atoms. The molecule has 0 saturated carbocycles. The molecule has 0 unspecified atom stereocenters. The quantitative estimate of drug-likeness (QED) is 0.735. The van der Waals surface area contributed by atoms with E-state index in [0.717, 1.165) is 25.0 Å². The van der Waals surface area contributed by atoms with Crippen molar-refractivity contribution in [2.75, 3.05) is 6.61 Å². The third-order valence-electron chi connectivity index (χ3n) is 2.30. The summed E-state index contributed by atoms with van der Waals surface area (Å²) >= 11 is 0. The van der Waals surface area contributed by atoms with Crippen LogP contribution >= 0.6 is 0 Å². The zero-order valence-corrected chi connectivity index (χ0v) is 9.96. The van der Waals surface area contributed by atoms with E-state index in [1.54, 1.807) is 6.07 Å². The van der Waals surface area contributed by atoms with Crippen LogP contribution in [0.15, 0.2) is 12.1 Å². The van der Waals surface area contributed by atoms with Gasteiger partial charge in [0.15, 0.2) is 17.4 Å². The molecule has 0 heterocycles. The molecule has 0 aliphatic carbocycles. The van der Waals surface area contributed by atoms with Crippen molar-refractivity contribution in [3.63, 3.8) is 0 Å². The number of nitrogens with zero attached hydrogens (tertiary/aromatic N) is 1. The first-order valence-electron chi connectivity index (χ1n) is 5.56. The Morgan fingerprint density at radius 3 is 2.35 bits per heavy atom. The van der Waals surface area contributed by atoms with Gasteiger partial charge in [0.05, 0.1) is 18.2 Å². The van der Waals surface area contributed by atoms with Crippen LogP contribution in [-0.4, -0.2) is 6.61 Å². The minimum absolute atomic E-state index is 0.0467. The van der Waals surface area contributed by atoms with Gasteiger partial charge in [-0.2, -0.15) is 5.26 Å². The third kappa shape index (κ3) is 4.03. The van der Waals surface area contributed by atoms with Gasteiger partial charge in [-0.15, -0.1) is 0 Å². The van der Waals surface area contributed by atoms with Gasteiger partial charge in [0, 0.05) is 0 Å². The van der Waals surface area contributed by atoms with Crippen molar-refractivity contribution in [2.45, 2.75) is 26.7 Å². The number of hydrogen-bond acceptors (Lipinski definition) is 2. The Balaban J connectivity index is 2.63. The largest absolute Gasteiger partial charge is 0.488 e. The molecule has 1 rings (SSSR count). The molecule has 4 heteroatoms. The molecule has 0 radical (unpaired) electrons. The summed E-state index contributed by atoms with van der Waals surface area (Å²) in [6.07, 6.45) is 1.69. The average molecular weight is 239 g/mol. The zero-order chi connectivity index (χ0) is 12.8. The fourth-order valence-electron chi connectivity index (χ4n) is 1.43. The second kappa shape index (κ2) is 6.19. The van der Waals surface area contributed by atoms with Crippen LogP contribution in [0.2, 0.25) is 0 Å². The fourth-order valence-corrected chi connectivity index (χ4v) is 1.43. The van der Waals surface area contributed by atoms with E-state index in [0.29, 0.717) is 5.92 Å². The molecule has 17 heavy (non-hydrogen) atoms. The van der Waals surface area contributed by atoms with E-state index < -0.39 is 17.4 Å². The molecule has 1 aromatic rings. The molecule has 2 nitrogen and oxygen atoms in total. The zero-order valence-electron chi connectivity index (χ0n) is 9.96. The van der Waals surface area contributed by atoms with Crippen molar-refractivity contribution in [2.24, 2.45) is 5.92 Å². The molecule has 0 atom stereocenters. The Hall–Kier alpha value is -1.63. The van der Waals surface area contributed by atoms with Crippen LogP contribution in [0.1, 0.15) is 32.3 Å². The summed E-state index contributed by atoms with van der Waals surface area (Å²) in [4.78, 5) is 0. The highest BCUT2D eigenvalue weighted by Crippen LogP contribution is 2.23. The van der Waals surface area contributed by atoms with Crippen molar-refractivity contribution in [3.8, 4) is 11.8 Å². The summed E-state index contributed by atoms with van der Waals surface area (Å²) in [7, 11) is 0. The monoisotopic (exact) mass is 239 g/mol. The Morgan fingerprint density at radius 2 is 1.88 bits per heavy atom. The van der Waals surface area contributed by atoms with Crippen LogP contribution < -0.4 is 4.74 Å². The molecule has 0 saturated heterocycles. The lowest BCUT2D eigenvalue weighted by Crippen LogP contribution is -2.03. The lowest BCUT2D eigenvalue weighted by molar-refractivity contribution is 0.270. The highest BCUT2D eigenvalue weighted by molar-refractivity contribution is 5.37. The van der Waals surface area contributed by atoms with Gasteiger partial charge in [0.25, 0.3) is 0 Å². The second-order valence-corrected chi connectivity index (χ2v) is 4.27. The number of nitriles is 1. The molecule has 0 fully saturated rings. The summed E-state index contributed by atoms with van der Waals surface area (Å²) in [5, 5.41) is 8.53. The van der Waals surface area contributed by atoms with Crippen molar-refractivity contribution >= 4 is 0 Å². The van der Waals surface area contributed by atoms with E-state index >= 15 is 0 Å². The number of halogens is 2. The van der Waals surface area contributed by atoms with E-state index in [-0.39, 0.29) is 12.2 Å². The molecular weight excluding hydrogens is 224 g/mol. The van der Waals surface area contributed by atoms with Crippen molar-refractivity contribution in [1.82, 2.24) is 0 Å². The summed E-state index contributed by atoms with van der Waals surface area (Å²) in [6.45, 7) is 4.42. The predicted octanol–water partition coefficient (Wildman–Crippen LogP) is 3.65. The van der Waals surface area contributed by atoms with Gasteiger partial charge < -0.3 is 4.74 Å². The molecule has 0 aromatic heterocycles. The normalized spacial score (nSPS) is 10.4. The molecule has 0 amide bonds. The second-order valence-electron chi connectivity index (χ2n) is 4.27. The van der Waals surface area contributed by atoms with E-state index in [9.17, 15) is 8.78 Å². The highest BCUT2D eigenvalue weighted by Gasteiger charge is 2.12. The lowest BCUT2D eigenvalue weighted by Gasteiger charge is -2.09. The Kier molecular flexibility index (Phi) is 4.89. The minimum Gasteiger partial charge on any atom is -0.488 e. The number of ether oxygens (including phenoxy) is 1. The molecule has 0 aliphatic rings. The van der Waals surface area contributed by atoms with E-state index in [1.807, 2.05) is 0 Å². The maximum atomic E-state index is 13.4. The molecule has 92 valence electrons. The van der Waals surface area contributed by atoms with Crippen LogP contribution in [-0.2, 0) is 0 Å². The van der Waals surface area contributed by atoms with Crippen LogP contribution in [0, 0.1) is 28.9 Å².